The Bertz CT molecular complexity index is 623. The highest BCUT2D eigenvalue weighted by molar-refractivity contribution is 5.45. The van der Waals surface area contributed by atoms with E-state index in [1.165, 1.54) is 5.69 Å². The van der Waals surface area contributed by atoms with E-state index in [0.29, 0.717) is 0 Å². The minimum absolute atomic E-state index is 0.733. The zero-order chi connectivity index (χ0) is 11.7. The van der Waals surface area contributed by atoms with Gasteiger partial charge < -0.3 is 9.72 Å². The summed E-state index contributed by atoms with van der Waals surface area (Å²) in [6.07, 6.45) is 5.62. The van der Waals surface area contributed by atoms with Crippen molar-refractivity contribution in [3.8, 4) is 0 Å². The molecule has 0 aliphatic rings. The molecule has 3 aromatic heterocycles. The Labute approximate surface area is 98.5 Å². The maximum atomic E-state index is 4.51. The molecule has 3 aromatic rings. The molecular formula is C12H13N5. The Kier molecular flexibility index (Phi) is 2.29. The van der Waals surface area contributed by atoms with Crippen molar-refractivity contribution in [1.29, 1.82) is 0 Å². The van der Waals surface area contributed by atoms with Gasteiger partial charge in [0.1, 0.15) is 5.65 Å². The first-order chi connectivity index (χ1) is 8.34. The zero-order valence-electron chi connectivity index (χ0n) is 9.51. The van der Waals surface area contributed by atoms with E-state index in [1.54, 1.807) is 6.20 Å². The second-order valence-corrected chi connectivity index (χ2v) is 3.91. The lowest BCUT2D eigenvalue weighted by Crippen LogP contribution is -2.03. The number of hydrogen-bond acceptors (Lipinski definition) is 3. The van der Waals surface area contributed by atoms with Crippen LogP contribution in [0.5, 0.6) is 0 Å². The average molecular weight is 227 g/mol. The number of nitrogens with one attached hydrogen (secondary N) is 2. The number of hydrogen-bond donors (Lipinski definition) is 2. The molecule has 0 unspecified atom stereocenters. The van der Waals surface area contributed by atoms with Crippen LogP contribution in [-0.2, 0) is 6.54 Å². The van der Waals surface area contributed by atoms with Gasteiger partial charge in [-0.05, 0) is 19.1 Å². The van der Waals surface area contributed by atoms with Crippen LogP contribution in [-0.4, -0.2) is 19.6 Å². The van der Waals surface area contributed by atoms with E-state index in [0.717, 1.165) is 23.6 Å². The first-order valence-electron chi connectivity index (χ1n) is 5.50. The van der Waals surface area contributed by atoms with E-state index in [1.807, 2.05) is 37.5 Å². The summed E-state index contributed by atoms with van der Waals surface area (Å²) in [7, 11) is 0. The summed E-state index contributed by atoms with van der Waals surface area (Å²) in [5.74, 6) is 0. The molecule has 0 radical (unpaired) electrons. The quantitative estimate of drug-likeness (QED) is 0.719. The molecule has 0 saturated carbocycles. The molecule has 0 amide bonds. The topological polar surface area (TPSA) is 58.0 Å². The zero-order valence-corrected chi connectivity index (χ0v) is 9.51. The number of anilines is 1. The average Bonchev–Trinajstić information content (AvgIpc) is 2.93. The third-order valence-corrected chi connectivity index (χ3v) is 2.79. The monoisotopic (exact) mass is 227 g/mol. The van der Waals surface area contributed by atoms with Gasteiger partial charge in [0, 0.05) is 12.4 Å². The molecular weight excluding hydrogens is 214 g/mol. The number of nitrogens with zero attached hydrogens (tertiary/aromatic N) is 3. The SMILES string of the molecule is Cc1nc2ccccn2c1CNc1cn[nH]c1. The Morgan fingerprint density at radius 1 is 1.41 bits per heavy atom. The van der Waals surface area contributed by atoms with E-state index in [2.05, 4.69) is 24.9 Å². The van der Waals surface area contributed by atoms with E-state index in [9.17, 15) is 0 Å². The third-order valence-electron chi connectivity index (χ3n) is 2.79. The summed E-state index contributed by atoms with van der Waals surface area (Å²) in [6.45, 7) is 2.76. The smallest absolute Gasteiger partial charge is 0.137 e. The molecule has 0 aromatic carbocycles. The lowest BCUT2D eigenvalue weighted by molar-refractivity contribution is 0.987. The Morgan fingerprint density at radius 3 is 3.18 bits per heavy atom. The van der Waals surface area contributed by atoms with Gasteiger partial charge in [0.15, 0.2) is 0 Å². The summed E-state index contributed by atoms with van der Waals surface area (Å²) in [5.41, 5.74) is 4.18. The van der Waals surface area contributed by atoms with Crippen molar-refractivity contribution in [1.82, 2.24) is 19.6 Å². The molecule has 0 spiro atoms. The Morgan fingerprint density at radius 2 is 2.35 bits per heavy atom. The summed E-state index contributed by atoms with van der Waals surface area (Å²) in [5, 5.41) is 9.98. The molecule has 0 aliphatic heterocycles. The molecule has 0 saturated heterocycles. The van der Waals surface area contributed by atoms with E-state index in [-0.39, 0.29) is 0 Å². The highest BCUT2D eigenvalue weighted by Crippen LogP contribution is 2.13. The van der Waals surface area contributed by atoms with Crippen LogP contribution in [0, 0.1) is 6.92 Å². The number of fused-ring (bicyclic) bond motifs is 1. The van der Waals surface area contributed by atoms with Gasteiger partial charge in [0.05, 0.1) is 29.8 Å². The molecule has 5 nitrogen and oxygen atoms in total. The molecule has 2 N–H and O–H groups in total. The maximum absolute atomic E-state index is 4.51. The van der Waals surface area contributed by atoms with Gasteiger partial charge in [-0.3, -0.25) is 5.10 Å². The van der Waals surface area contributed by atoms with Crippen molar-refractivity contribution in [3.05, 3.63) is 48.2 Å². The van der Waals surface area contributed by atoms with Gasteiger partial charge >= 0.3 is 0 Å². The van der Waals surface area contributed by atoms with Crippen LogP contribution in [0.15, 0.2) is 36.8 Å². The highest BCUT2D eigenvalue weighted by atomic mass is 15.1. The van der Waals surface area contributed by atoms with Gasteiger partial charge in [-0.25, -0.2) is 4.98 Å². The van der Waals surface area contributed by atoms with Crippen LogP contribution in [0.3, 0.4) is 0 Å². The number of rotatable bonds is 3. The van der Waals surface area contributed by atoms with Crippen molar-refractivity contribution in [2.75, 3.05) is 5.32 Å². The molecule has 0 bridgehead atoms. The van der Waals surface area contributed by atoms with Crippen LogP contribution >= 0.6 is 0 Å². The van der Waals surface area contributed by atoms with Crippen molar-refractivity contribution in [3.63, 3.8) is 0 Å². The fraction of sp³-hybridized carbons (Fsp3) is 0.167. The Hall–Kier alpha value is -2.30. The molecule has 0 atom stereocenters. The first kappa shape index (κ1) is 9.89. The lowest BCUT2D eigenvalue weighted by Gasteiger charge is -2.04. The predicted octanol–water partition coefficient (Wildman–Crippen LogP) is 1.98. The number of imidazole rings is 1. The number of aromatic nitrogens is 4. The molecule has 17 heavy (non-hydrogen) atoms. The predicted molar refractivity (Wildman–Crippen MR) is 65.8 cm³/mol. The molecule has 0 fully saturated rings. The number of pyridine rings is 1. The van der Waals surface area contributed by atoms with Crippen molar-refractivity contribution in [2.24, 2.45) is 0 Å². The van der Waals surface area contributed by atoms with Crippen LogP contribution in [0.4, 0.5) is 5.69 Å². The summed E-state index contributed by atoms with van der Waals surface area (Å²) < 4.78 is 2.10. The summed E-state index contributed by atoms with van der Waals surface area (Å²) in [6, 6.07) is 6.01. The van der Waals surface area contributed by atoms with Crippen LogP contribution in [0.1, 0.15) is 11.4 Å². The van der Waals surface area contributed by atoms with Gasteiger partial charge in [-0.1, -0.05) is 6.07 Å². The largest absolute Gasteiger partial charge is 0.377 e. The molecule has 3 heterocycles. The summed E-state index contributed by atoms with van der Waals surface area (Å²) in [4.78, 5) is 4.51. The third kappa shape index (κ3) is 1.75. The summed E-state index contributed by atoms with van der Waals surface area (Å²) >= 11 is 0. The van der Waals surface area contributed by atoms with Crippen molar-refractivity contribution in [2.45, 2.75) is 13.5 Å². The second-order valence-electron chi connectivity index (χ2n) is 3.91. The van der Waals surface area contributed by atoms with Crippen molar-refractivity contribution >= 4 is 11.3 Å². The molecule has 86 valence electrons. The van der Waals surface area contributed by atoms with E-state index < -0.39 is 0 Å². The molecule has 3 rings (SSSR count). The van der Waals surface area contributed by atoms with Gasteiger partial charge in [-0.2, -0.15) is 5.10 Å². The van der Waals surface area contributed by atoms with Crippen LogP contribution in [0.2, 0.25) is 0 Å². The first-order valence-corrected chi connectivity index (χ1v) is 5.50. The fourth-order valence-electron chi connectivity index (χ4n) is 1.91. The fourth-order valence-corrected chi connectivity index (χ4v) is 1.91. The highest BCUT2D eigenvalue weighted by Gasteiger charge is 2.07. The number of H-pyrrole nitrogens is 1. The van der Waals surface area contributed by atoms with Crippen LogP contribution in [0.25, 0.3) is 5.65 Å². The second kappa shape index (κ2) is 3.93. The molecule has 0 aliphatic carbocycles. The molecule has 5 heteroatoms. The minimum atomic E-state index is 0.733. The lowest BCUT2D eigenvalue weighted by atomic mass is 10.3. The number of aromatic amines is 1. The van der Waals surface area contributed by atoms with Crippen LogP contribution < -0.4 is 5.32 Å². The van der Waals surface area contributed by atoms with Gasteiger partial charge in [0.25, 0.3) is 0 Å². The van der Waals surface area contributed by atoms with Crippen molar-refractivity contribution < 1.29 is 0 Å². The minimum Gasteiger partial charge on any atom is -0.377 e. The maximum Gasteiger partial charge on any atom is 0.137 e. The van der Waals surface area contributed by atoms with E-state index in [4.69, 9.17) is 0 Å². The Balaban J connectivity index is 1.92. The van der Waals surface area contributed by atoms with Gasteiger partial charge in [-0.15, -0.1) is 0 Å². The van der Waals surface area contributed by atoms with Gasteiger partial charge in [0.2, 0.25) is 0 Å². The normalized spacial score (nSPS) is 10.9. The van der Waals surface area contributed by atoms with E-state index >= 15 is 0 Å². The standard InChI is InChI=1S/C12H13N5/c1-9-11(8-13-10-6-14-15-7-10)17-5-3-2-4-12(17)16-9/h2-7,13H,8H2,1H3,(H,14,15). The number of aryl methyl sites for hydroxylation is 1.